The number of hydrogen-bond donors (Lipinski definition) is 2. The van der Waals surface area contributed by atoms with Crippen molar-refractivity contribution >= 4 is 28.6 Å². The molecule has 3 fully saturated rings. The van der Waals surface area contributed by atoms with Crippen LogP contribution in [0.15, 0.2) is 48.5 Å². The molecule has 2 saturated heterocycles. The minimum absolute atomic E-state index is 0.0603. The van der Waals surface area contributed by atoms with E-state index in [1.807, 2.05) is 12.1 Å². The van der Waals surface area contributed by atoms with Gasteiger partial charge in [-0.25, -0.2) is 0 Å². The van der Waals surface area contributed by atoms with Crippen molar-refractivity contribution in [2.24, 2.45) is 0 Å². The van der Waals surface area contributed by atoms with Crippen LogP contribution in [-0.4, -0.2) is 69.0 Å². The van der Waals surface area contributed by atoms with Crippen LogP contribution >= 0.6 is 0 Å². The van der Waals surface area contributed by atoms with Crippen molar-refractivity contribution < 1.29 is 24.2 Å². The number of aromatic nitrogens is 1. The van der Waals surface area contributed by atoms with Gasteiger partial charge in [-0.1, -0.05) is 12.1 Å². The minimum atomic E-state index is -0.616. The van der Waals surface area contributed by atoms with Crippen LogP contribution in [0, 0.1) is 0 Å². The van der Waals surface area contributed by atoms with E-state index >= 15 is 0 Å². The second kappa shape index (κ2) is 11.1. The fraction of sp³-hybridized carbons (Fsp3) is 0.455. The zero-order valence-corrected chi connectivity index (χ0v) is 23.6. The number of nitrogens with zero attached hydrogens (tertiary/aromatic N) is 3. The van der Waals surface area contributed by atoms with E-state index < -0.39 is 11.9 Å². The largest absolute Gasteiger partial charge is 0.489 e. The van der Waals surface area contributed by atoms with Gasteiger partial charge in [-0.3, -0.25) is 29.6 Å². The Hall–Kier alpha value is -3.82. The Labute approximate surface area is 244 Å². The Kier molecular flexibility index (Phi) is 7.15. The SMILES string of the molecule is O=C1CCC(N2Cc3cc(O[C@H]4CCN(Cc5ccc6nc([C@H]7CC[C@H](O)CC7)ccc6c5)C4)ccc3C2=O)C(=O)N1. The lowest BCUT2D eigenvalue weighted by Gasteiger charge is -2.29. The summed E-state index contributed by atoms with van der Waals surface area (Å²) in [5, 5.41) is 13.3. The minimum Gasteiger partial charge on any atom is -0.489 e. The highest BCUT2D eigenvalue weighted by Gasteiger charge is 2.39. The summed E-state index contributed by atoms with van der Waals surface area (Å²) in [6, 6.07) is 15.8. The number of carbonyl (C=O) groups excluding carboxylic acids is 3. The summed E-state index contributed by atoms with van der Waals surface area (Å²) in [5.41, 5.74) is 4.86. The molecular weight excluding hydrogens is 532 g/mol. The molecule has 0 radical (unpaired) electrons. The third-order valence-electron chi connectivity index (χ3n) is 9.32. The molecule has 2 aromatic carbocycles. The first-order chi connectivity index (χ1) is 20.4. The van der Waals surface area contributed by atoms with Crippen LogP contribution in [0.3, 0.4) is 0 Å². The molecule has 4 heterocycles. The second-order valence-corrected chi connectivity index (χ2v) is 12.3. The topological polar surface area (TPSA) is 112 Å². The van der Waals surface area contributed by atoms with Gasteiger partial charge in [0.15, 0.2) is 0 Å². The molecule has 3 aliphatic heterocycles. The standard InChI is InChI=1S/C33H36N4O5/c38-24-5-2-21(3-6-24)28-10-4-22-15-20(1-9-29(22)34-28)17-36-14-13-26(19-36)42-25-7-8-27-23(16-25)18-37(33(27)41)30-11-12-31(39)35-32(30)40/h1,4,7-10,15-16,21,24,26,30,38H,2-3,5-6,11-14,17-19H2,(H,35,39,40)/t21-,24-,26-,30?/m0/s1. The molecule has 1 aliphatic carbocycles. The number of nitrogens with one attached hydrogen (secondary N) is 1. The van der Waals surface area contributed by atoms with E-state index in [0.29, 0.717) is 24.4 Å². The molecule has 218 valence electrons. The molecule has 1 unspecified atom stereocenters. The van der Waals surface area contributed by atoms with Crippen LogP contribution in [0.5, 0.6) is 5.75 Å². The molecule has 3 amide bonds. The van der Waals surface area contributed by atoms with Crippen molar-refractivity contribution in [3.8, 4) is 5.75 Å². The first kappa shape index (κ1) is 27.0. The molecule has 9 nitrogen and oxygen atoms in total. The number of rotatable bonds is 6. The Morgan fingerprint density at radius 2 is 1.81 bits per heavy atom. The molecule has 42 heavy (non-hydrogen) atoms. The van der Waals surface area contributed by atoms with Gasteiger partial charge in [0.05, 0.1) is 11.6 Å². The average Bonchev–Trinajstić information content (AvgIpc) is 3.56. The van der Waals surface area contributed by atoms with Crippen LogP contribution in [0.25, 0.3) is 10.9 Å². The molecule has 1 saturated carbocycles. The number of aliphatic hydroxyl groups is 1. The van der Waals surface area contributed by atoms with E-state index in [-0.39, 0.29) is 30.4 Å². The predicted octanol–water partition coefficient (Wildman–Crippen LogP) is 3.67. The number of carbonyl (C=O) groups is 3. The van der Waals surface area contributed by atoms with Gasteiger partial charge in [-0.2, -0.15) is 0 Å². The highest BCUT2D eigenvalue weighted by atomic mass is 16.5. The molecule has 0 bridgehead atoms. The molecule has 0 spiro atoms. The summed E-state index contributed by atoms with van der Waals surface area (Å²) in [6.45, 7) is 2.95. The van der Waals surface area contributed by atoms with E-state index in [1.165, 1.54) is 5.56 Å². The zero-order chi connectivity index (χ0) is 28.8. The van der Waals surface area contributed by atoms with Crippen molar-refractivity contribution in [3.63, 3.8) is 0 Å². The van der Waals surface area contributed by atoms with E-state index in [1.54, 1.807) is 11.0 Å². The Bertz CT molecular complexity index is 1550. The number of pyridine rings is 1. The Balaban J connectivity index is 0.953. The normalized spacial score (nSPS) is 26.5. The summed E-state index contributed by atoms with van der Waals surface area (Å²) in [7, 11) is 0. The quantitative estimate of drug-likeness (QED) is 0.437. The number of likely N-dealkylation sites (tertiary alicyclic amines) is 1. The van der Waals surface area contributed by atoms with Crippen LogP contribution in [0.2, 0.25) is 0 Å². The summed E-state index contributed by atoms with van der Waals surface area (Å²) in [6.07, 6.45) is 5.15. The van der Waals surface area contributed by atoms with Crippen molar-refractivity contribution in [3.05, 3.63) is 70.9 Å². The number of benzene rings is 2. The second-order valence-electron chi connectivity index (χ2n) is 12.3. The maximum absolute atomic E-state index is 13.0. The fourth-order valence-electron chi connectivity index (χ4n) is 7.00. The van der Waals surface area contributed by atoms with E-state index in [0.717, 1.165) is 79.6 Å². The smallest absolute Gasteiger partial charge is 0.255 e. The number of amides is 3. The Morgan fingerprint density at radius 3 is 2.64 bits per heavy atom. The summed E-state index contributed by atoms with van der Waals surface area (Å²) < 4.78 is 6.35. The van der Waals surface area contributed by atoms with Crippen LogP contribution in [0.1, 0.15) is 78.0 Å². The predicted molar refractivity (Wildman–Crippen MR) is 156 cm³/mol. The maximum Gasteiger partial charge on any atom is 0.255 e. The molecular formula is C33H36N4O5. The molecule has 2 atom stereocenters. The number of fused-ring (bicyclic) bond motifs is 2. The third kappa shape index (κ3) is 5.39. The lowest BCUT2D eigenvalue weighted by molar-refractivity contribution is -0.136. The van der Waals surface area contributed by atoms with Crippen LogP contribution in [0.4, 0.5) is 0 Å². The average molecular weight is 569 g/mol. The molecule has 1 aromatic heterocycles. The van der Waals surface area contributed by atoms with Gasteiger partial charge in [-0.15, -0.1) is 0 Å². The van der Waals surface area contributed by atoms with Crippen molar-refractivity contribution in [1.29, 1.82) is 0 Å². The zero-order valence-electron chi connectivity index (χ0n) is 23.6. The van der Waals surface area contributed by atoms with E-state index in [9.17, 15) is 19.5 Å². The first-order valence-electron chi connectivity index (χ1n) is 15.1. The number of imide groups is 1. The van der Waals surface area contributed by atoms with Gasteiger partial charge in [0.2, 0.25) is 11.8 Å². The summed E-state index contributed by atoms with van der Waals surface area (Å²) in [4.78, 5) is 45.8. The van der Waals surface area contributed by atoms with Gasteiger partial charge >= 0.3 is 0 Å². The molecule has 9 heteroatoms. The van der Waals surface area contributed by atoms with Gasteiger partial charge in [0, 0.05) is 55.2 Å². The van der Waals surface area contributed by atoms with E-state index in [2.05, 4.69) is 40.5 Å². The number of aliphatic hydroxyl groups excluding tert-OH is 1. The van der Waals surface area contributed by atoms with Crippen molar-refractivity contribution in [2.75, 3.05) is 13.1 Å². The number of hydrogen-bond acceptors (Lipinski definition) is 7. The van der Waals surface area contributed by atoms with Crippen molar-refractivity contribution in [2.45, 2.75) is 82.2 Å². The fourth-order valence-corrected chi connectivity index (χ4v) is 7.00. The summed E-state index contributed by atoms with van der Waals surface area (Å²) >= 11 is 0. The molecule has 4 aliphatic rings. The molecule has 2 N–H and O–H groups in total. The number of ether oxygens (including phenoxy) is 1. The molecule has 3 aromatic rings. The highest BCUT2D eigenvalue weighted by molar-refractivity contribution is 6.05. The molecule has 7 rings (SSSR count). The lowest BCUT2D eigenvalue weighted by Crippen LogP contribution is -2.52. The van der Waals surface area contributed by atoms with Crippen LogP contribution in [-0.2, 0) is 22.7 Å². The number of piperidine rings is 1. The lowest BCUT2D eigenvalue weighted by atomic mass is 9.85. The monoisotopic (exact) mass is 568 g/mol. The van der Waals surface area contributed by atoms with Gasteiger partial charge < -0.3 is 14.7 Å². The van der Waals surface area contributed by atoms with Gasteiger partial charge in [-0.05, 0) is 86.1 Å². The van der Waals surface area contributed by atoms with Gasteiger partial charge in [0.25, 0.3) is 5.91 Å². The maximum atomic E-state index is 13.0. The third-order valence-corrected chi connectivity index (χ3v) is 9.32. The van der Waals surface area contributed by atoms with Crippen molar-refractivity contribution in [1.82, 2.24) is 20.1 Å². The first-order valence-corrected chi connectivity index (χ1v) is 15.1. The highest BCUT2D eigenvalue weighted by Crippen LogP contribution is 2.34. The summed E-state index contributed by atoms with van der Waals surface area (Å²) in [5.74, 6) is 0.315. The van der Waals surface area contributed by atoms with E-state index in [4.69, 9.17) is 9.72 Å². The van der Waals surface area contributed by atoms with Crippen LogP contribution < -0.4 is 10.1 Å². The Morgan fingerprint density at radius 1 is 0.952 bits per heavy atom. The van der Waals surface area contributed by atoms with Gasteiger partial charge in [0.1, 0.15) is 17.9 Å².